The molecule has 0 radical (unpaired) electrons. The standard InChI is InChI=1S/C16H17O5P/c1-2-21-22(19,20)11-12-3-5-13(6-4-12)16(18)14-7-9-15(17)10-8-14/h3-10,17H,2,11H2,1H3,(H,19,20). The van der Waals surface area contributed by atoms with Gasteiger partial charge in [0.1, 0.15) is 5.75 Å². The van der Waals surface area contributed by atoms with Crippen LogP contribution in [-0.2, 0) is 15.3 Å². The van der Waals surface area contributed by atoms with Crippen LogP contribution < -0.4 is 0 Å². The van der Waals surface area contributed by atoms with Crippen molar-refractivity contribution >= 4 is 13.4 Å². The first kappa shape index (κ1) is 16.4. The van der Waals surface area contributed by atoms with E-state index < -0.39 is 7.60 Å². The minimum atomic E-state index is -3.63. The van der Waals surface area contributed by atoms with E-state index in [1.807, 2.05) is 0 Å². The highest BCUT2D eigenvalue weighted by Crippen LogP contribution is 2.45. The molecule has 22 heavy (non-hydrogen) atoms. The molecule has 0 heterocycles. The van der Waals surface area contributed by atoms with Crippen molar-refractivity contribution in [2.24, 2.45) is 0 Å². The van der Waals surface area contributed by atoms with Gasteiger partial charge >= 0.3 is 7.60 Å². The molecule has 0 fully saturated rings. The van der Waals surface area contributed by atoms with Crippen LogP contribution in [0.5, 0.6) is 5.75 Å². The fraction of sp³-hybridized carbons (Fsp3) is 0.188. The van der Waals surface area contributed by atoms with Crippen molar-refractivity contribution < 1.29 is 23.9 Å². The second-order valence-electron chi connectivity index (χ2n) is 4.79. The predicted molar refractivity (Wildman–Crippen MR) is 83.1 cm³/mol. The number of rotatable bonds is 6. The highest BCUT2D eigenvalue weighted by atomic mass is 31.2. The van der Waals surface area contributed by atoms with Gasteiger partial charge in [-0.1, -0.05) is 24.3 Å². The fourth-order valence-corrected chi connectivity index (χ4v) is 3.19. The van der Waals surface area contributed by atoms with Crippen LogP contribution in [0.15, 0.2) is 48.5 Å². The van der Waals surface area contributed by atoms with E-state index >= 15 is 0 Å². The number of carbonyl (C=O) groups excluding carboxylic acids is 1. The quantitative estimate of drug-likeness (QED) is 0.630. The molecule has 0 aliphatic carbocycles. The molecule has 0 aliphatic heterocycles. The van der Waals surface area contributed by atoms with Gasteiger partial charge in [-0.05, 0) is 36.8 Å². The summed E-state index contributed by atoms with van der Waals surface area (Å²) in [5.74, 6) is -0.0786. The summed E-state index contributed by atoms with van der Waals surface area (Å²) < 4.78 is 16.5. The zero-order valence-corrected chi connectivity index (χ0v) is 13.0. The summed E-state index contributed by atoms with van der Waals surface area (Å²) in [4.78, 5) is 21.8. The van der Waals surface area contributed by atoms with Crippen LogP contribution in [0.4, 0.5) is 0 Å². The monoisotopic (exact) mass is 320 g/mol. The molecule has 0 saturated carbocycles. The van der Waals surface area contributed by atoms with E-state index in [0.717, 1.165) is 0 Å². The number of phenolic OH excluding ortho intramolecular Hbond substituents is 1. The molecule has 2 aromatic carbocycles. The minimum Gasteiger partial charge on any atom is -0.508 e. The molecule has 2 N–H and O–H groups in total. The van der Waals surface area contributed by atoms with Gasteiger partial charge < -0.3 is 14.5 Å². The van der Waals surface area contributed by atoms with Gasteiger partial charge in [0, 0.05) is 11.1 Å². The van der Waals surface area contributed by atoms with Crippen LogP contribution in [0, 0.1) is 0 Å². The Morgan fingerprint density at radius 1 is 1.05 bits per heavy atom. The topological polar surface area (TPSA) is 83.8 Å². The molecule has 0 aliphatic rings. The van der Waals surface area contributed by atoms with Crippen molar-refractivity contribution in [3.8, 4) is 5.75 Å². The summed E-state index contributed by atoms with van der Waals surface area (Å²) in [6.07, 6.45) is -0.0888. The molecule has 0 saturated heterocycles. The van der Waals surface area contributed by atoms with Gasteiger partial charge in [0.25, 0.3) is 0 Å². The van der Waals surface area contributed by atoms with Crippen LogP contribution in [0.25, 0.3) is 0 Å². The van der Waals surface area contributed by atoms with Crippen molar-refractivity contribution in [2.45, 2.75) is 13.1 Å². The van der Waals surface area contributed by atoms with Gasteiger partial charge in [0.15, 0.2) is 5.78 Å². The smallest absolute Gasteiger partial charge is 0.332 e. The lowest BCUT2D eigenvalue weighted by molar-refractivity contribution is 0.103. The third-order valence-corrected chi connectivity index (χ3v) is 4.49. The molecule has 116 valence electrons. The lowest BCUT2D eigenvalue weighted by Crippen LogP contribution is -2.01. The Morgan fingerprint density at radius 2 is 1.55 bits per heavy atom. The predicted octanol–water partition coefficient (Wildman–Crippen LogP) is 3.35. The zero-order valence-electron chi connectivity index (χ0n) is 12.1. The average molecular weight is 320 g/mol. The van der Waals surface area contributed by atoms with E-state index in [9.17, 15) is 19.4 Å². The van der Waals surface area contributed by atoms with Gasteiger partial charge in [0.05, 0.1) is 12.8 Å². The number of hydrogen-bond acceptors (Lipinski definition) is 4. The molecule has 1 atom stereocenters. The lowest BCUT2D eigenvalue weighted by Gasteiger charge is -2.10. The first-order chi connectivity index (χ1) is 10.4. The molecule has 5 nitrogen and oxygen atoms in total. The van der Waals surface area contributed by atoms with Gasteiger partial charge in [-0.2, -0.15) is 0 Å². The Balaban J connectivity index is 2.13. The van der Waals surface area contributed by atoms with Gasteiger partial charge in [-0.3, -0.25) is 9.36 Å². The zero-order chi connectivity index (χ0) is 16.2. The highest BCUT2D eigenvalue weighted by Gasteiger charge is 2.19. The average Bonchev–Trinajstić information content (AvgIpc) is 2.47. The largest absolute Gasteiger partial charge is 0.508 e. The number of aromatic hydroxyl groups is 1. The van der Waals surface area contributed by atoms with Crippen LogP contribution >= 0.6 is 7.60 Å². The van der Waals surface area contributed by atoms with E-state index in [1.165, 1.54) is 12.1 Å². The lowest BCUT2D eigenvalue weighted by atomic mass is 10.0. The molecular weight excluding hydrogens is 303 g/mol. The van der Waals surface area contributed by atoms with E-state index in [2.05, 4.69) is 0 Å². The van der Waals surface area contributed by atoms with Crippen LogP contribution in [0.3, 0.4) is 0 Å². The Morgan fingerprint density at radius 3 is 2.05 bits per heavy atom. The summed E-state index contributed by atoms with van der Waals surface area (Å²) in [5, 5.41) is 9.22. The summed E-state index contributed by atoms with van der Waals surface area (Å²) in [7, 11) is -3.63. The minimum absolute atomic E-state index is 0.0888. The number of carbonyl (C=O) groups is 1. The molecular formula is C16H17O5P. The SMILES string of the molecule is CCOP(=O)(O)Cc1ccc(C(=O)c2ccc(O)cc2)cc1. The number of hydrogen-bond donors (Lipinski definition) is 2. The van der Waals surface area contributed by atoms with E-state index in [0.29, 0.717) is 16.7 Å². The summed E-state index contributed by atoms with van der Waals surface area (Å²) in [6, 6.07) is 12.5. The van der Waals surface area contributed by atoms with Crippen molar-refractivity contribution in [3.05, 3.63) is 65.2 Å². The van der Waals surface area contributed by atoms with Crippen LogP contribution in [-0.4, -0.2) is 22.4 Å². The normalized spacial score (nSPS) is 13.5. The highest BCUT2D eigenvalue weighted by molar-refractivity contribution is 7.51. The summed E-state index contributed by atoms with van der Waals surface area (Å²) in [5.41, 5.74) is 1.56. The first-order valence-electron chi connectivity index (χ1n) is 6.80. The molecule has 2 aromatic rings. The molecule has 0 amide bonds. The maximum atomic E-state index is 12.2. The first-order valence-corrected chi connectivity index (χ1v) is 8.56. The Kier molecular flexibility index (Phi) is 5.14. The second kappa shape index (κ2) is 6.88. The number of ketones is 1. The number of benzene rings is 2. The fourth-order valence-electron chi connectivity index (χ4n) is 2.02. The van der Waals surface area contributed by atoms with Crippen LogP contribution in [0.2, 0.25) is 0 Å². The molecule has 6 heteroatoms. The molecule has 0 aromatic heterocycles. The molecule has 1 unspecified atom stereocenters. The van der Waals surface area contributed by atoms with Gasteiger partial charge in [0.2, 0.25) is 0 Å². The Labute approximate surface area is 128 Å². The summed E-state index contributed by atoms with van der Waals surface area (Å²) >= 11 is 0. The third kappa shape index (κ3) is 4.28. The van der Waals surface area contributed by atoms with Crippen LogP contribution in [0.1, 0.15) is 28.4 Å². The third-order valence-electron chi connectivity index (χ3n) is 3.06. The van der Waals surface area contributed by atoms with Crippen molar-refractivity contribution in [2.75, 3.05) is 6.61 Å². The molecule has 2 rings (SSSR count). The van der Waals surface area contributed by atoms with E-state index in [1.54, 1.807) is 43.3 Å². The second-order valence-corrected chi connectivity index (χ2v) is 6.64. The molecule has 0 bridgehead atoms. The van der Waals surface area contributed by atoms with Gasteiger partial charge in [-0.25, -0.2) is 0 Å². The Hall–Kier alpha value is -1.94. The maximum Gasteiger partial charge on any atom is 0.332 e. The van der Waals surface area contributed by atoms with Gasteiger partial charge in [-0.15, -0.1) is 0 Å². The van der Waals surface area contributed by atoms with Crippen molar-refractivity contribution in [1.29, 1.82) is 0 Å². The van der Waals surface area contributed by atoms with Crippen molar-refractivity contribution in [3.63, 3.8) is 0 Å². The van der Waals surface area contributed by atoms with E-state index in [-0.39, 0.29) is 24.3 Å². The maximum absolute atomic E-state index is 12.2. The summed E-state index contributed by atoms with van der Waals surface area (Å²) in [6.45, 7) is 1.83. The molecule has 0 spiro atoms. The van der Waals surface area contributed by atoms with Crippen molar-refractivity contribution in [1.82, 2.24) is 0 Å². The van der Waals surface area contributed by atoms with E-state index in [4.69, 9.17) is 4.52 Å². The number of phenols is 1. The Bertz CT molecular complexity index is 691.